The SMILES string of the molecule is CN(C)C(=O)COc1ccc(NC(=O)COc2ccc(-c3ccccc3)cc2Cl)cc1. The van der Waals surface area contributed by atoms with Crippen molar-refractivity contribution in [2.45, 2.75) is 0 Å². The zero-order chi connectivity index (χ0) is 22.2. The fourth-order valence-electron chi connectivity index (χ4n) is 2.68. The van der Waals surface area contributed by atoms with Gasteiger partial charge < -0.3 is 19.7 Å². The van der Waals surface area contributed by atoms with Crippen LogP contribution in [-0.2, 0) is 9.59 Å². The Labute approximate surface area is 186 Å². The van der Waals surface area contributed by atoms with E-state index in [-0.39, 0.29) is 25.0 Å². The van der Waals surface area contributed by atoms with Crippen LogP contribution in [0.25, 0.3) is 11.1 Å². The van der Waals surface area contributed by atoms with E-state index in [1.807, 2.05) is 42.5 Å². The first kappa shape index (κ1) is 22.2. The van der Waals surface area contributed by atoms with E-state index in [0.29, 0.717) is 22.2 Å². The molecule has 3 aromatic carbocycles. The molecule has 160 valence electrons. The summed E-state index contributed by atoms with van der Waals surface area (Å²) in [7, 11) is 3.33. The molecule has 31 heavy (non-hydrogen) atoms. The third kappa shape index (κ3) is 6.49. The number of carbonyl (C=O) groups excluding carboxylic acids is 2. The molecule has 2 amide bonds. The van der Waals surface area contributed by atoms with Crippen LogP contribution in [0.4, 0.5) is 5.69 Å². The van der Waals surface area contributed by atoms with Crippen LogP contribution in [0.2, 0.25) is 5.02 Å². The maximum Gasteiger partial charge on any atom is 0.262 e. The topological polar surface area (TPSA) is 67.9 Å². The minimum atomic E-state index is -0.320. The Morgan fingerprint density at radius 3 is 2.23 bits per heavy atom. The first-order chi connectivity index (χ1) is 14.9. The number of hydrogen-bond acceptors (Lipinski definition) is 4. The molecule has 3 aromatic rings. The molecule has 3 rings (SSSR count). The highest BCUT2D eigenvalue weighted by Crippen LogP contribution is 2.30. The van der Waals surface area contributed by atoms with Gasteiger partial charge >= 0.3 is 0 Å². The lowest BCUT2D eigenvalue weighted by Gasteiger charge is -2.12. The largest absolute Gasteiger partial charge is 0.484 e. The van der Waals surface area contributed by atoms with Crippen molar-refractivity contribution in [1.29, 1.82) is 0 Å². The number of ether oxygens (including phenoxy) is 2. The van der Waals surface area contributed by atoms with Gasteiger partial charge in [-0.1, -0.05) is 48.0 Å². The Bertz CT molecular complexity index is 1040. The van der Waals surface area contributed by atoms with Gasteiger partial charge in [0, 0.05) is 19.8 Å². The Kier molecular flexibility index (Phi) is 7.51. The first-order valence-corrected chi connectivity index (χ1v) is 10.0. The predicted octanol–water partition coefficient (Wildman–Crippen LogP) is 4.49. The molecule has 0 aliphatic heterocycles. The van der Waals surface area contributed by atoms with E-state index in [4.69, 9.17) is 21.1 Å². The second-order valence-corrected chi connectivity index (χ2v) is 7.36. The summed E-state index contributed by atoms with van der Waals surface area (Å²) in [6, 6.07) is 22.1. The Balaban J connectivity index is 1.50. The standard InChI is InChI=1S/C24H23ClN2O4/c1-27(2)24(29)16-30-20-11-9-19(10-12-20)26-23(28)15-31-22-13-8-18(14-21(22)25)17-6-4-3-5-7-17/h3-14H,15-16H2,1-2H3,(H,26,28). The molecule has 0 atom stereocenters. The molecular formula is C24H23ClN2O4. The first-order valence-electron chi connectivity index (χ1n) is 9.63. The van der Waals surface area contributed by atoms with E-state index in [9.17, 15) is 9.59 Å². The number of hydrogen-bond donors (Lipinski definition) is 1. The van der Waals surface area contributed by atoms with Crippen LogP contribution in [-0.4, -0.2) is 44.0 Å². The number of benzene rings is 3. The Morgan fingerprint density at radius 1 is 0.871 bits per heavy atom. The Morgan fingerprint density at radius 2 is 1.58 bits per heavy atom. The van der Waals surface area contributed by atoms with Crippen LogP contribution in [0.5, 0.6) is 11.5 Å². The lowest BCUT2D eigenvalue weighted by Crippen LogP contribution is -2.27. The molecule has 0 saturated heterocycles. The van der Waals surface area contributed by atoms with Gasteiger partial charge in [0.2, 0.25) is 0 Å². The van der Waals surface area contributed by atoms with Crippen molar-refractivity contribution in [3.63, 3.8) is 0 Å². The van der Waals surface area contributed by atoms with E-state index in [2.05, 4.69) is 5.32 Å². The molecular weight excluding hydrogens is 416 g/mol. The number of nitrogens with zero attached hydrogens (tertiary/aromatic N) is 1. The summed E-state index contributed by atoms with van der Waals surface area (Å²) < 4.78 is 11.0. The van der Waals surface area contributed by atoms with Gasteiger partial charge in [0.05, 0.1) is 5.02 Å². The highest BCUT2D eigenvalue weighted by molar-refractivity contribution is 6.32. The minimum absolute atomic E-state index is 0.0453. The van der Waals surface area contributed by atoms with Crippen molar-refractivity contribution >= 4 is 29.1 Å². The van der Waals surface area contributed by atoms with Crippen molar-refractivity contribution in [3.8, 4) is 22.6 Å². The zero-order valence-electron chi connectivity index (χ0n) is 17.3. The van der Waals surface area contributed by atoms with Crippen molar-refractivity contribution < 1.29 is 19.1 Å². The van der Waals surface area contributed by atoms with E-state index in [1.165, 1.54) is 4.90 Å². The van der Waals surface area contributed by atoms with E-state index in [1.54, 1.807) is 44.4 Å². The molecule has 0 aromatic heterocycles. The maximum absolute atomic E-state index is 12.2. The second-order valence-electron chi connectivity index (χ2n) is 6.95. The van der Waals surface area contributed by atoms with Gasteiger partial charge in [-0.15, -0.1) is 0 Å². The zero-order valence-corrected chi connectivity index (χ0v) is 18.1. The highest BCUT2D eigenvalue weighted by Gasteiger charge is 2.09. The lowest BCUT2D eigenvalue weighted by molar-refractivity contribution is -0.130. The molecule has 0 fully saturated rings. The third-order valence-electron chi connectivity index (χ3n) is 4.40. The van der Waals surface area contributed by atoms with Crippen LogP contribution < -0.4 is 14.8 Å². The summed E-state index contributed by atoms with van der Waals surface area (Å²) in [6.45, 7) is -0.226. The van der Waals surface area contributed by atoms with Crippen LogP contribution in [0.15, 0.2) is 72.8 Å². The minimum Gasteiger partial charge on any atom is -0.484 e. The molecule has 6 nitrogen and oxygen atoms in total. The summed E-state index contributed by atoms with van der Waals surface area (Å²) >= 11 is 6.31. The van der Waals surface area contributed by atoms with Crippen molar-refractivity contribution in [1.82, 2.24) is 4.90 Å². The average molecular weight is 439 g/mol. The maximum atomic E-state index is 12.2. The molecule has 0 radical (unpaired) electrons. The van der Waals surface area contributed by atoms with Crippen LogP contribution in [0.3, 0.4) is 0 Å². The fraction of sp³-hybridized carbons (Fsp3) is 0.167. The Hall–Kier alpha value is -3.51. The number of likely N-dealkylation sites (N-methyl/N-ethyl adjacent to an activating group) is 1. The summed E-state index contributed by atoms with van der Waals surface area (Å²) in [6.07, 6.45) is 0. The monoisotopic (exact) mass is 438 g/mol. The van der Waals surface area contributed by atoms with Crippen molar-refractivity contribution in [2.75, 3.05) is 32.6 Å². The fourth-order valence-corrected chi connectivity index (χ4v) is 2.91. The summed E-state index contributed by atoms with van der Waals surface area (Å²) in [4.78, 5) is 25.2. The van der Waals surface area contributed by atoms with Gasteiger partial charge in [-0.25, -0.2) is 0 Å². The smallest absolute Gasteiger partial charge is 0.262 e. The second kappa shape index (κ2) is 10.5. The van der Waals surface area contributed by atoms with Crippen molar-refractivity contribution in [2.24, 2.45) is 0 Å². The molecule has 0 heterocycles. The van der Waals surface area contributed by atoms with Crippen LogP contribution in [0.1, 0.15) is 0 Å². The number of halogens is 1. The van der Waals surface area contributed by atoms with Gasteiger partial charge in [0.1, 0.15) is 11.5 Å². The lowest BCUT2D eigenvalue weighted by atomic mass is 10.1. The molecule has 0 saturated carbocycles. The van der Waals surface area contributed by atoms with Gasteiger partial charge in [0.15, 0.2) is 13.2 Å². The number of carbonyl (C=O) groups is 2. The molecule has 1 N–H and O–H groups in total. The number of rotatable bonds is 8. The molecule has 0 unspecified atom stereocenters. The molecule has 0 bridgehead atoms. The van der Waals surface area contributed by atoms with Crippen LogP contribution >= 0.6 is 11.6 Å². The number of nitrogens with one attached hydrogen (secondary N) is 1. The third-order valence-corrected chi connectivity index (χ3v) is 4.69. The quantitative estimate of drug-likeness (QED) is 0.562. The van der Waals surface area contributed by atoms with Gasteiger partial charge in [-0.2, -0.15) is 0 Å². The van der Waals surface area contributed by atoms with E-state index >= 15 is 0 Å². The van der Waals surface area contributed by atoms with Gasteiger partial charge in [-0.3, -0.25) is 9.59 Å². The van der Waals surface area contributed by atoms with Crippen LogP contribution in [0, 0.1) is 0 Å². The highest BCUT2D eigenvalue weighted by atomic mass is 35.5. The van der Waals surface area contributed by atoms with Gasteiger partial charge in [0.25, 0.3) is 11.8 Å². The van der Waals surface area contributed by atoms with E-state index < -0.39 is 0 Å². The number of amides is 2. The molecule has 0 aliphatic carbocycles. The predicted molar refractivity (Wildman–Crippen MR) is 122 cm³/mol. The molecule has 7 heteroatoms. The van der Waals surface area contributed by atoms with Gasteiger partial charge in [-0.05, 0) is 47.5 Å². The molecule has 0 spiro atoms. The molecule has 0 aliphatic rings. The average Bonchev–Trinajstić information content (AvgIpc) is 2.78. The van der Waals surface area contributed by atoms with E-state index in [0.717, 1.165) is 11.1 Å². The summed E-state index contributed by atoms with van der Waals surface area (Å²) in [5.41, 5.74) is 2.61. The number of anilines is 1. The summed E-state index contributed by atoms with van der Waals surface area (Å²) in [5, 5.41) is 3.17. The summed E-state index contributed by atoms with van der Waals surface area (Å²) in [5.74, 6) is 0.519. The normalized spacial score (nSPS) is 10.3. The van der Waals surface area contributed by atoms with Crippen molar-refractivity contribution in [3.05, 3.63) is 77.8 Å².